The maximum atomic E-state index is 5.85. The van der Waals surface area contributed by atoms with Gasteiger partial charge in [-0.2, -0.15) is 0 Å². The molecule has 0 bridgehead atoms. The molecule has 2 nitrogen and oxygen atoms in total. The first-order chi connectivity index (χ1) is 29.9. The zero-order valence-corrected chi connectivity index (χ0v) is 40.9. The lowest BCUT2D eigenvalue weighted by molar-refractivity contribution is -0.00509. The van der Waals surface area contributed by atoms with Gasteiger partial charge in [-0.25, -0.2) is 0 Å². The highest BCUT2D eigenvalue weighted by atomic mass is 16.5. The van der Waals surface area contributed by atoms with E-state index in [1.165, 1.54) is 140 Å². The highest BCUT2D eigenvalue weighted by Gasteiger charge is 2.27. The van der Waals surface area contributed by atoms with Crippen molar-refractivity contribution in [1.29, 1.82) is 0 Å². The van der Waals surface area contributed by atoms with Gasteiger partial charge in [-0.05, 0) is 164 Å². The Kier molecular flexibility index (Phi) is 20.8. The number of benzene rings is 2. The summed E-state index contributed by atoms with van der Waals surface area (Å²) in [7, 11) is 0. The predicted octanol–water partition coefficient (Wildman–Crippen LogP) is 18.0. The molecule has 4 aliphatic rings. The Bertz CT molecular complexity index is 1810. The molecule has 0 heterocycles. The molecule has 2 aromatic carbocycles. The average molecular weight is 841 g/mol. The second kappa shape index (κ2) is 25.9. The van der Waals surface area contributed by atoms with E-state index in [0.29, 0.717) is 23.7 Å². The molecule has 0 N–H and O–H groups in total. The zero-order valence-electron chi connectivity index (χ0n) is 40.9. The molecule has 0 amide bonds. The molecular weight excluding hydrogens is 753 g/mol. The van der Waals surface area contributed by atoms with E-state index in [-0.39, 0.29) is 11.2 Å². The number of unbranched alkanes of at least 4 members (excludes halogenated alkanes) is 10. The van der Waals surface area contributed by atoms with E-state index < -0.39 is 0 Å². The molecule has 340 valence electrons. The van der Waals surface area contributed by atoms with Gasteiger partial charge in [-0.3, -0.25) is 0 Å². The first-order valence-electron chi connectivity index (χ1n) is 25.6. The van der Waals surface area contributed by atoms with Crippen LogP contribution in [0.3, 0.4) is 0 Å². The quantitative estimate of drug-likeness (QED) is 0.0879. The number of hydrogen-bond donors (Lipinski definition) is 0. The molecule has 4 unspecified atom stereocenters. The molecule has 0 radical (unpaired) electrons. The standard InChI is InChI=1S/C31H46O.C29H42O/c1-5-6-7-10-15-25-19-20-26(22-25)23-28-24-27(29-17-12-13-18-30(28)29)16-11-8-9-14-21-32-31(2,3)4;1-5-6-13-23-17-18-24(20-23)21-26-22-25(27-15-10-11-16-28(26)27)14-9-7-8-12-19-30-29(2,3)4/h12-13,17-20,22,24,26,28H,5-11,14-16,21,23H2,1-4H3;10-11,15-18,20,22,24,26H,5-9,12-14,19,21H2,1-4H3. The summed E-state index contributed by atoms with van der Waals surface area (Å²) in [5, 5.41) is 0. The van der Waals surface area contributed by atoms with Crippen LogP contribution in [-0.4, -0.2) is 24.4 Å². The van der Waals surface area contributed by atoms with Crippen LogP contribution in [0.4, 0.5) is 0 Å². The number of fused-ring (bicyclic) bond motifs is 2. The maximum absolute atomic E-state index is 5.85. The lowest BCUT2D eigenvalue weighted by Crippen LogP contribution is -2.19. The van der Waals surface area contributed by atoms with Crippen LogP contribution in [0.15, 0.2) is 108 Å². The van der Waals surface area contributed by atoms with Crippen molar-refractivity contribution >= 4 is 11.1 Å². The van der Waals surface area contributed by atoms with E-state index in [2.05, 4.69) is 153 Å². The van der Waals surface area contributed by atoms with Gasteiger partial charge in [0.25, 0.3) is 0 Å². The fourth-order valence-electron chi connectivity index (χ4n) is 9.81. The van der Waals surface area contributed by atoms with Gasteiger partial charge in [0.15, 0.2) is 0 Å². The van der Waals surface area contributed by atoms with Crippen LogP contribution in [0.1, 0.15) is 218 Å². The van der Waals surface area contributed by atoms with E-state index in [9.17, 15) is 0 Å². The Morgan fingerprint density at radius 3 is 1.29 bits per heavy atom. The van der Waals surface area contributed by atoms with E-state index >= 15 is 0 Å². The SMILES string of the molecule is CCCCC1=CC(CC2C=C(CCCCCCOC(C)(C)C)c3ccccc32)C=C1.CCCCCCC1=CC(CC2C=C(CCCCCCOC(C)(C)C)c3ccccc32)C=C1. The van der Waals surface area contributed by atoms with Crippen molar-refractivity contribution in [3.05, 3.63) is 131 Å². The molecule has 0 saturated carbocycles. The van der Waals surface area contributed by atoms with Gasteiger partial charge >= 0.3 is 0 Å². The summed E-state index contributed by atoms with van der Waals surface area (Å²) in [5.41, 5.74) is 12.4. The van der Waals surface area contributed by atoms with Gasteiger partial charge in [0.1, 0.15) is 0 Å². The van der Waals surface area contributed by atoms with E-state index in [1.807, 2.05) is 0 Å². The second-order valence-corrected chi connectivity index (χ2v) is 20.9. The number of allylic oxidation sites excluding steroid dienone is 12. The first kappa shape index (κ1) is 49.8. The van der Waals surface area contributed by atoms with Crippen molar-refractivity contribution in [2.24, 2.45) is 11.8 Å². The molecule has 62 heavy (non-hydrogen) atoms. The molecule has 0 spiro atoms. The average Bonchev–Trinajstić information content (AvgIpc) is 4.04. The van der Waals surface area contributed by atoms with E-state index in [1.54, 1.807) is 33.4 Å². The smallest absolute Gasteiger partial charge is 0.0598 e. The molecule has 0 fully saturated rings. The molecule has 0 aromatic heterocycles. The van der Waals surface area contributed by atoms with Crippen LogP contribution in [0.25, 0.3) is 11.1 Å². The van der Waals surface area contributed by atoms with Crippen molar-refractivity contribution < 1.29 is 9.47 Å². The molecule has 6 rings (SSSR count). The molecule has 2 heteroatoms. The van der Waals surface area contributed by atoms with Gasteiger partial charge in [0.05, 0.1) is 11.2 Å². The third kappa shape index (κ3) is 17.4. The Morgan fingerprint density at radius 1 is 0.435 bits per heavy atom. The summed E-state index contributed by atoms with van der Waals surface area (Å²) in [5.74, 6) is 2.36. The minimum Gasteiger partial charge on any atom is -0.376 e. The lowest BCUT2D eigenvalue weighted by atomic mass is 9.90. The predicted molar refractivity (Wildman–Crippen MR) is 271 cm³/mol. The molecule has 4 atom stereocenters. The summed E-state index contributed by atoms with van der Waals surface area (Å²) in [6.07, 6.45) is 45.3. The van der Waals surface area contributed by atoms with Crippen molar-refractivity contribution in [3.63, 3.8) is 0 Å². The van der Waals surface area contributed by atoms with Gasteiger partial charge < -0.3 is 9.47 Å². The number of hydrogen-bond acceptors (Lipinski definition) is 2. The summed E-state index contributed by atoms with van der Waals surface area (Å²) in [6.45, 7) is 19.2. The fourth-order valence-corrected chi connectivity index (χ4v) is 9.81. The monoisotopic (exact) mass is 841 g/mol. The first-order valence-corrected chi connectivity index (χ1v) is 25.6. The van der Waals surface area contributed by atoms with Gasteiger partial charge in [0, 0.05) is 25.0 Å². The van der Waals surface area contributed by atoms with Gasteiger partial charge in [-0.1, -0.05) is 173 Å². The Balaban J connectivity index is 0.000000235. The van der Waals surface area contributed by atoms with Crippen LogP contribution < -0.4 is 0 Å². The molecule has 0 saturated heterocycles. The minimum atomic E-state index is -0.00705. The van der Waals surface area contributed by atoms with Gasteiger partial charge in [0.2, 0.25) is 0 Å². The third-order valence-corrected chi connectivity index (χ3v) is 13.1. The molecular formula is C60H88O2. The second-order valence-electron chi connectivity index (χ2n) is 20.9. The molecule has 0 aliphatic heterocycles. The minimum absolute atomic E-state index is 0.00611. The van der Waals surface area contributed by atoms with E-state index in [0.717, 1.165) is 13.2 Å². The topological polar surface area (TPSA) is 18.5 Å². The Labute approximate surface area is 381 Å². The summed E-state index contributed by atoms with van der Waals surface area (Å²) in [4.78, 5) is 0. The van der Waals surface area contributed by atoms with Crippen molar-refractivity contribution in [2.75, 3.05) is 13.2 Å². The van der Waals surface area contributed by atoms with Crippen molar-refractivity contribution in [1.82, 2.24) is 0 Å². The summed E-state index contributed by atoms with van der Waals surface area (Å²) >= 11 is 0. The highest BCUT2D eigenvalue weighted by molar-refractivity contribution is 5.75. The largest absolute Gasteiger partial charge is 0.376 e. The Hall–Kier alpha value is -3.20. The van der Waals surface area contributed by atoms with Crippen LogP contribution in [0.2, 0.25) is 0 Å². The highest BCUT2D eigenvalue weighted by Crippen LogP contribution is 2.44. The number of ether oxygens (including phenoxy) is 2. The summed E-state index contributed by atoms with van der Waals surface area (Å²) < 4.78 is 11.7. The van der Waals surface area contributed by atoms with Crippen LogP contribution in [-0.2, 0) is 9.47 Å². The fraction of sp³-hybridized carbons (Fsp3) is 0.600. The van der Waals surface area contributed by atoms with E-state index in [4.69, 9.17) is 9.47 Å². The third-order valence-electron chi connectivity index (χ3n) is 13.1. The molecule has 2 aromatic rings. The van der Waals surface area contributed by atoms with Crippen LogP contribution >= 0.6 is 0 Å². The number of rotatable bonds is 26. The van der Waals surface area contributed by atoms with Crippen LogP contribution in [0.5, 0.6) is 0 Å². The maximum Gasteiger partial charge on any atom is 0.0598 e. The zero-order chi connectivity index (χ0) is 44.2. The van der Waals surface area contributed by atoms with Crippen molar-refractivity contribution in [3.8, 4) is 0 Å². The van der Waals surface area contributed by atoms with Crippen molar-refractivity contribution in [2.45, 2.75) is 207 Å². The van der Waals surface area contributed by atoms with Gasteiger partial charge in [-0.15, -0.1) is 0 Å². The normalized spacial score (nSPS) is 20.1. The lowest BCUT2D eigenvalue weighted by Gasteiger charge is -2.19. The van der Waals surface area contributed by atoms with Crippen LogP contribution in [0, 0.1) is 11.8 Å². The Morgan fingerprint density at radius 2 is 0.839 bits per heavy atom. The molecule has 4 aliphatic carbocycles. The summed E-state index contributed by atoms with van der Waals surface area (Å²) in [6, 6.07) is 18.3.